The normalized spacial score (nSPS) is 15.1. The van der Waals surface area contributed by atoms with Crippen molar-refractivity contribution in [3.05, 3.63) is 52.4 Å². The fourth-order valence-electron chi connectivity index (χ4n) is 1.74. The maximum absolute atomic E-state index is 11.8. The number of benzene rings is 1. The Kier molecular flexibility index (Phi) is 3.11. The van der Waals surface area contributed by atoms with Gasteiger partial charge in [-0.1, -0.05) is 21.1 Å². The topological polar surface area (TPSA) is 80.9 Å². The summed E-state index contributed by atoms with van der Waals surface area (Å²) in [5, 5.41) is 6.24. The Balaban J connectivity index is 1.87. The molecule has 0 saturated carbocycles. The van der Waals surface area contributed by atoms with Gasteiger partial charge in [-0.15, -0.1) is 0 Å². The highest BCUT2D eigenvalue weighted by molar-refractivity contribution is 9.10. The maximum atomic E-state index is 11.8. The molecule has 0 unspecified atom stereocenters. The summed E-state index contributed by atoms with van der Waals surface area (Å²) in [7, 11) is 0. The fourth-order valence-corrected chi connectivity index (χ4v) is 2.10. The molecule has 1 aromatic carbocycles. The second-order valence-corrected chi connectivity index (χ2v) is 4.86. The molecule has 1 aliphatic heterocycles. The molecule has 6 nitrogen and oxygen atoms in total. The zero-order valence-electron chi connectivity index (χ0n) is 9.92. The average molecular weight is 335 g/mol. The predicted molar refractivity (Wildman–Crippen MR) is 73.4 cm³/mol. The quantitative estimate of drug-likeness (QED) is 0.676. The van der Waals surface area contributed by atoms with E-state index in [0.29, 0.717) is 11.3 Å². The first-order chi connectivity index (χ1) is 9.65. The molecule has 2 heterocycles. The van der Waals surface area contributed by atoms with E-state index in [1.807, 2.05) is 0 Å². The molecular formula is C13H7BrN2O4. The molecule has 1 aliphatic rings. The van der Waals surface area contributed by atoms with Crippen LogP contribution in [0.25, 0.3) is 0 Å². The van der Waals surface area contributed by atoms with Crippen molar-refractivity contribution < 1.29 is 18.8 Å². The van der Waals surface area contributed by atoms with Crippen molar-refractivity contribution in [2.75, 3.05) is 5.32 Å². The SMILES string of the molecule is O=C1Nc2ccc(Br)cc2/C1=N/OC(=O)c1ccco1. The molecule has 1 amide bonds. The number of hydrogen-bond acceptors (Lipinski definition) is 5. The van der Waals surface area contributed by atoms with Crippen molar-refractivity contribution >= 4 is 39.2 Å². The van der Waals surface area contributed by atoms with Crippen LogP contribution in [0, 0.1) is 0 Å². The number of rotatable bonds is 2. The Morgan fingerprint density at radius 3 is 2.95 bits per heavy atom. The van der Waals surface area contributed by atoms with E-state index in [1.54, 1.807) is 24.3 Å². The summed E-state index contributed by atoms with van der Waals surface area (Å²) >= 11 is 3.31. The van der Waals surface area contributed by atoms with E-state index in [1.165, 1.54) is 12.3 Å². The second kappa shape index (κ2) is 4.93. The molecule has 0 spiro atoms. The fraction of sp³-hybridized carbons (Fsp3) is 0. The lowest BCUT2D eigenvalue weighted by molar-refractivity contribution is -0.110. The number of carbonyl (C=O) groups excluding carboxylic acids is 2. The van der Waals surface area contributed by atoms with Crippen molar-refractivity contribution in [1.29, 1.82) is 0 Å². The Bertz CT molecular complexity index is 722. The third-order valence-electron chi connectivity index (χ3n) is 2.64. The lowest BCUT2D eigenvalue weighted by Crippen LogP contribution is -2.15. The molecule has 0 bridgehead atoms. The number of carbonyl (C=O) groups is 2. The first-order valence-electron chi connectivity index (χ1n) is 5.59. The van der Waals surface area contributed by atoms with Gasteiger partial charge in [-0.2, -0.15) is 0 Å². The minimum atomic E-state index is -0.765. The van der Waals surface area contributed by atoms with Gasteiger partial charge < -0.3 is 14.6 Å². The molecule has 20 heavy (non-hydrogen) atoms. The smallest absolute Gasteiger partial charge is 0.400 e. The second-order valence-electron chi connectivity index (χ2n) is 3.94. The van der Waals surface area contributed by atoms with Gasteiger partial charge in [0, 0.05) is 10.0 Å². The summed E-state index contributed by atoms with van der Waals surface area (Å²) in [6, 6.07) is 8.23. The molecule has 100 valence electrons. The Labute approximate surface area is 121 Å². The molecule has 1 aromatic heterocycles. The number of furan rings is 1. The van der Waals surface area contributed by atoms with Crippen LogP contribution >= 0.6 is 15.9 Å². The van der Waals surface area contributed by atoms with E-state index in [4.69, 9.17) is 9.25 Å². The number of anilines is 1. The number of nitrogens with zero attached hydrogens (tertiary/aromatic N) is 1. The third-order valence-corrected chi connectivity index (χ3v) is 3.14. The predicted octanol–water partition coefficient (Wildman–Crippen LogP) is 2.56. The van der Waals surface area contributed by atoms with Gasteiger partial charge in [0.1, 0.15) is 0 Å². The van der Waals surface area contributed by atoms with Crippen LogP contribution in [0.5, 0.6) is 0 Å². The van der Waals surface area contributed by atoms with Gasteiger partial charge in [-0.25, -0.2) is 4.79 Å². The van der Waals surface area contributed by atoms with Crippen LogP contribution in [0.1, 0.15) is 16.1 Å². The van der Waals surface area contributed by atoms with E-state index >= 15 is 0 Å². The van der Waals surface area contributed by atoms with Crippen molar-refractivity contribution in [3.8, 4) is 0 Å². The summed E-state index contributed by atoms with van der Waals surface area (Å²) < 4.78 is 5.66. The number of halogens is 1. The van der Waals surface area contributed by atoms with E-state index in [0.717, 1.165) is 4.47 Å². The van der Waals surface area contributed by atoms with E-state index in [9.17, 15) is 9.59 Å². The molecule has 0 saturated heterocycles. The maximum Gasteiger partial charge on any atom is 0.400 e. The Hall–Kier alpha value is -2.41. The summed E-state index contributed by atoms with van der Waals surface area (Å²) in [4.78, 5) is 28.1. The van der Waals surface area contributed by atoms with Gasteiger partial charge in [-0.3, -0.25) is 4.79 Å². The monoisotopic (exact) mass is 334 g/mol. The summed E-state index contributed by atoms with van der Waals surface area (Å²) in [6.07, 6.45) is 1.35. The lowest BCUT2D eigenvalue weighted by atomic mass is 10.1. The van der Waals surface area contributed by atoms with E-state index < -0.39 is 11.9 Å². The van der Waals surface area contributed by atoms with Gasteiger partial charge in [0.2, 0.25) is 5.76 Å². The molecule has 0 fully saturated rings. The number of amides is 1. The first-order valence-corrected chi connectivity index (χ1v) is 6.38. The summed E-state index contributed by atoms with van der Waals surface area (Å²) in [6.45, 7) is 0. The van der Waals surface area contributed by atoms with E-state index in [2.05, 4.69) is 26.4 Å². The third kappa shape index (κ3) is 2.23. The van der Waals surface area contributed by atoms with Crippen LogP contribution < -0.4 is 5.32 Å². The van der Waals surface area contributed by atoms with Crippen molar-refractivity contribution in [3.63, 3.8) is 0 Å². The van der Waals surface area contributed by atoms with Crippen LogP contribution in [0.2, 0.25) is 0 Å². The Morgan fingerprint density at radius 2 is 2.20 bits per heavy atom. The molecule has 2 aromatic rings. The zero-order valence-corrected chi connectivity index (χ0v) is 11.5. The van der Waals surface area contributed by atoms with Crippen LogP contribution in [-0.4, -0.2) is 17.6 Å². The highest BCUT2D eigenvalue weighted by Gasteiger charge is 2.27. The molecule has 7 heteroatoms. The summed E-state index contributed by atoms with van der Waals surface area (Å²) in [5.74, 6) is -1.17. The molecule has 0 radical (unpaired) electrons. The van der Waals surface area contributed by atoms with Crippen molar-refractivity contribution in [1.82, 2.24) is 0 Å². The van der Waals surface area contributed by atoms with Crippen LogP contribution in [-0.2, 0) is 9.63 Å². The highest BCUT2D eigenvalue weighted by Crippen LogP contribution is 2.26. The van der Waals surface area contributed by atoms with Gasteiger partial charge in [0.05, 0.1) is 12.0 Å². The minimum absolute atomic E-state index is 0.0159. The van der Waals surface area contributed by atoms with Crippen LogP contribution in [0.15, 0.2) is 50.6 Å². The van der Waals surface area contributed by atoms with Crippen molar-refractivity contribution in [2.24, 2.45) is 5.16 Å². The van der Waals surface area contributed by atoms with Crippen LogP contribution in [0.4, 0.5) is 5.69 Å². The number of fused-ring (bicyclic) bond motifs is 1. The zero-order chi connectivity index (χ0) is 14.1. The lowest BCUT2D eigenvalue weighted by Gasteiger charge is -1.98. The van der Waals surface area contributed by atoms with Crippen molar-refractivity contribution in [2.45, 2.75) is 0 Å². The summed E-state index contributed by atoms with van der Waals surface area (Å²) in [5.41, 5.74) is 1.23. The molecule has 0 atom stereocenters. The average Bonchev–Trinajstić information content (AvgIpc) is 3.04. The van der Waals surface area contributed by atoms with Crippen LogP contribution in [0.3, 0.4) is 0 Å². The standard InChI is InChI=1S/C13H7BrN2O4/c14-7-3-4-9-8(6-7)11(12(17)15-9)16-20-13(18)10-2-1-5-19-10/h1-6H,(H,15,16,17). The Morgan fingerprint density at radius 1 is 1.35 bits per heavy atom. The van der Waals surface area contributed by atoms with Gasteiger partial charge in [0.25, 0.3) is 5.91 Å². The highest BCUT2D eigenvalue weighted by atomic mass is 79.9. The number of nitrogens with one attached hydrogen (secondary N) is 1. The minimum Gasteiger partial charge on any atom is -0.457 e. The molecule has 3 rings (SSSR count). The number of oxime groups is 1. The largest absolute Gasteiger partial charge is 0.457 e. The van der Waals surface area contributed by atoms with Gasteiger partial charge in [0.15, 0.2) is 5.71 Å². The van der Waals surface area contributed by atoms with Gasteiger partial charge in [-0.05, 0) is 30.3 Å². The van der Waals surface area contributed by atoms with Gasteiger partial charge >= 0.3 is 5.97 Å². The number of hydrogen-bond donors (Lipinski definition) is 1. The molecular weight excluding hydrogens is 328 g/mol. The van der Waals surface area contributed by atoms with E-state index in [-0.39, 0.29) is 11.5 Å². The first kappa shape index (κ1) is 12.6. The molecule has 0 aliphatic carbocycles. The molecule has 1 N–H and O–H groups in total.